The van der Waals surface area contributed by atoms with Gasteiger partial charge in [-0.2, -0.15) is 0 Å². The summed E-state index contributed by atoms with van der Waals surface area (Å²) in [6, 6.07) is 6.44. The highest BCUT2D eigenvalue weighted by molar-refractivity contribution is 7.13. The minimum Gasteiger partial charge on any atom is -0.351 e. The first-order valence-corrected chi connectivity index (χ1v) is 8.26. The molecule has 1 aromatic carbocycles. The lowest BCUT2D eigenvalue weighted by Gasteiger charge is -2.04. The zero-order valence-corrected chi connectivity index (χ0v) is 14.0. The summed E-state index contributed by atoms with van der Waals surface area (Å²) in [5, 5.41) is 3.89. The van der Waals surface area contributed by atoms with Gasteiger partial charge in [0.25, 0.3) is 5.91 Å². The summed E-state index contributed by atoms with van der Waals surface area (Å²) in [5.74, 6) is 0.177. The number of halogens is 1. The van der Waals surface area contributed by atoms with Crippen LogP contribution in [0.5, 0.6) is 0 Å². The number of carbonyl (C=O) groups excluding carboxylic acids is 1. The Labute approximate surface area is 134 Å². The summed E-state index contributed by atoms with van der Waals surface area (Å²) in [6.45, 7) is 6.62. The zero-order valence-electron chi connectivity index (χ0n) is 13.1. The van der Waals surface area contributed by atoms with Crippen molar-refractivity contribution in [2.75, 3.05) is 6.54 Å². The fourth-order valence-corrected chi connectivity index (χ4v) is 3.39. The van der Waals surface area contributed by atoms with Crippen LogP contribution in [-0.4, -0.2) is 17.4 Å². The summed E-state index contributed by atoms with van der Waals surface area (Å²) in [6.07, 6.45) is 1.50. The molecule has 118 valence electrons. The molecule has 0 saturated heterocycles. The normalized spacial score (nSPS) is 11.0. The number of aryl methyl sites for hydroxylation is 1. The SMILES string of the molecule is Cc1nc(CC(C)C)sc1C(=O)NCCc1cccc(F)c1. The maximum Gasteiger partial charge on any atom is 0.263 e. The van der Waals surface area contributed by atoms with Crippen LogP contribution in [0.25, 0.3) is 0 Å². The highest BCUT2D eigenvalue weighted by Crippen LogP contribution is 2.20. The number of benzene rings is 1. The molecule has 0 aliphatic heterocycles. The number of rotatable bonds is 6. The summed E-state index contributed by atoms with van der Waals surface area (Å²) >= 11 is 1.46. The molecule has 22 heavy (non-hydrogen) atoms. The Hall–Kier alpha value is -1.75. The van der Waals surface area contributed by atoms with Crippen LogP contribution >= 0.6 is 11.3 Å². The second-order valence-electron chi connectivity index (χ2n) is 5.76. The lowest BCUT2D eigenvalue weighted by Crippen LogP contribution is -2.25. The molecule has 1 amide bonds. The summed E-state index contributed by atoms with van der Waals surface area (Å²) < 4.78 is 13.1. The van der Waals surface area contributed by atoms with Gasteiger partial charge in [-0.3, -0.25) is 4.79 Å². The van der Waals surface area contributed by atoms with Crippen molar-refractivity contribution < 1.29 is 9.18 Å². The van der Waals surface area contributed by atoms with Crippen molar-refractivity contribution in [3.63, 3.8) is 0 Å². The molecule has 0 spiro atoms. The first-order valence-electron chi connectivity index (χ1n) is 7.44. The molecular formula is C17H21FN2OS. The van der Waals surface area contributed by atoms with Gasteiger partial charge in [0, 0.05) is 13.0 Å². The van der Waals surface area contributed by atoms with Crippen LogP contribution < -0.4 is 5.32 Å². The molecular weight excluding hydrogens is 299 g/mol. The molecule has 0 atom stereocenters. The van der Waals surface area contributed by atoms with Gasteiger partial charge in [0.1, 0.15) is 10.7 Å². The van der Waals surface area contributed by atoms with E-state index in [9.17, 15) is 9.18 Å². The number of carbonyl (C=O) groups is 1. The van der Waals surface area contributed by atoms with Crippen molar-refractivity contribution in [1.82, 2.24) is 10.3 Å². The molecule has 0 radical (unpaired) electrons. The number of amides is 1. The van der Waals surface area contributed by atoms with Gasteiger partial charge in [-0.1, -0.05) is 26.0 Å². The van der Waals surface area contributed by atoms with E-state index < -0.39 is 0 Å². The minimum absolute atomic E-state index is 0.0959. The first kappa shape index (κ1) is 16.6. The average Bonchev–Trinajstić information content (AvgIpc) is 2.78. The number of thiazole rings is 1. The molecule has 1 N–H and O–H groups in total. The van der Waals surface area contributed by atoms with Crippen LogP contribution in [0, 0.1) is 18.7 Å². The predicted octanol–water partition coefficient (Wildman–Crippen LogP) is 3.76. The van der Waals surface area contributed by atoms with Crippen LogP contribution in [0.1, 0.15) is 39.8 Å². The van der Waals surface area contributed by atoms with E-state index in [-0.39, 0.29) is 11.7 Å². The molecule has 0 aliphatic carbocycles. The standard InChI is InChI=1S/C17H21FN2OS/c1-11(2)9-15-20-12(3)16(22-15)17(21)19-8-7-13-5-4-6-14(18)10-13/h4-6,10-11H,7-9H2,1-3H3,(H,19,21). The fourth-order valence-electron chi connectivity index (χ4n) is 2.19. The van der Waals surface area contributed by atoms with Crippen LogP contribution in [-0.2, 0) is 12.8 Å². The number of nitrogens with zero attached hydrogens (tertiary/aromatic N) is 1. The van der Waals surface area contributed by atoms with Gasteiger partial charge in [-0.15, -0.1) is 11.3 Å². The van der Waals surface area contributed by atoms with E-state index in [1.807, 2.05) is 13.0 Å². The van der Waals surface area contributed by atoms with Gasteiger partial charge >= 0.3 is 0 Å². The van der Waals surface area contributed by atoms with E-state index in [1.54, 1.807) is 6.07 Å². The van der Waals surface area contributed by atoms with E-state index >= 15 is 0 Å². The summed E-state index contributed by atoms with van der Waals surface area (Å²) in [5.41, 5.74) is 1.66. The molecule has 1 aromatic heterocycles. The lowest BCUT2D eigenvalue weighted by atomic mass is 10.1. The number of nitrogens with one attached hydrogen (secondary N) is 1. The predicted molar refractivity (Wildman–Crippen MR) is 87.8 cm³/mol. The largest absolute Gasteiger partial charge is 0.351 e. The van der Waals surface area contributed by atoms with Gasteiger partial charge in [-0.25, -0.2) is 9.37 Å². The molecule has 5 heteroatoms. The Morgan fingerprint density at radius 1 is 1.41 bits per heavy atom. The first-order chi connectivity index (χ1) is 10.5. The van der Waals surface area contributed by atoms with Crippen molar-refractivity contribution in [2.24, 2.45) is 5.92 Å². The third-order valence-corrected chi connectivity index (χ3v) is 4.40. The molecule has 0 bridgehead atoms. The van der Waals surface area contributed by atoms with Crippen molar-refractivity contribution in [2.45, 2.75) is 33.6 Å². The highest BCUT2D eigenvalue weighted by atomic mass is 32.1. The summed E-state index contributed by atoms with van der Waals surface area (Å²) in [7, 11) is 0. The molecule has 2 aromatic rings. The average molecular weight is 320 g/mol. The Bertz CT molecular complexity index is 652. The molecule has 3 nitrogen and oxygen atoms in total. The van der Waals surface area contributed by atoms with Crippen molar-refractivity contribution in [1.29, 1.82) is 0 Å². The van der Waals surface area contributed by atoms with Crippen LogP contribution in [0.3, 0.4) is 0 Å². The van der Waals surface area contributed by atoms with Gasteiger partial charge in [0.15, 0.2) is 0 Å². The molecule has 0 aliphatic rings. The summed E-state index contributed by atoms with van der Waals surface area (Å²) in [4.78, 5) is 17.3. The Morgan fingerprint density at radius 3 is 2.86 bits per heavy atom. The van der Waals surface area contributed by atoms with E-state index in [1.165, 1.54) is 23.5 Å². The van der Waals surface area contributed by atoms with Gasteiger partial charge in [-0.05, 0) is 37.0 Å². The number of hydrogen-bond donors (Lipinski definition) is 1. The van der Waals surface area contributed by atoms with Gasteiger partial charge < -0.3 is 5.32 Å². The van der Waals surface area contributed by atoms with E-state index in [0.717, 1.165) is 22.7 Å². The van der Waals surface area contributed by atoms with Crippen LogP contribution in [0.15, 0.2) is 24.3 Å². The smallest absolute Gasteiger partial charge is 0.263 e. The maximum absolute atomic E-state index is 13.1. The molecule has 0 saturated carbocycles. The second-order valence-corrected chi connectivity index (χ2v) is 6.84. The molecule has 2 rings (SSSR count). The van der Waals surface area contributed by atoms with Crippen molar-refractivity contribution >= 4 is 17.2 Å². The number of aromatic nitrogens is 1. The third kappa shape index (κ3) is 4.63. The van der Waals surface area contributed by atoms with E-state index in [2.05, 4.69) is 24.1 Å². The molecule has 1 heterocycles. The monoisotopic (exact) mass is 320 g/mol. The van der Waals surface area contributed by atoms with E-state index in [4.69, 9.17) is 0 Å². The second kappa shape index (κ2) is 7.49. The fraction of sp³-hybridized carbons (Fsp3) is 0.412. The van der Waals surface area contributed by atoms with Crippen LogP contribution in [0.2, 0.25) is 0 Å². The highest BCUT2D eigenvalue weighted by Gasteiger charge is 2.15. The van der Waals surface area contributed by atoms with Gasteiger partial charge in [0.05, 0.1) is 10.7 Å². The van der Waals surface area contributed by atoms with Gasteiger partial charge in [0.2, 0.25) is 0 Å². The number of hydrogen-bond acceptors (Lipinski definition) is 3. The maximum atomic E-state index is 13.1. The van der Waals surface area contributed by atoms with Crippen molar-refractivity contribution in [3.05, 3.63) is 51.2 Å². The topological polar surface area (TPSA) is 42.0 Å². The van der Waals surface area contributed by atoms with Crippen molar-refractivity contribution in [3.8, 4) is 0 Å². The third-order valence-electron chi connectivity index (χ3n) is 3.22. The Balaban J connectivity index is 1.91. The zero-order chi connectivity index (χ0) is 16.1. The Kier molecular flexibility index (Phi) is 5.66. The van der Waals surface area contributed by atoms with Crippen LogP contribution in [0.4, 0.5) is 4.39 Å². The minimum atomic E-state index is -0.250. The Morgan fingerprint density at radius 2 is 2.18 bits per heavy atom. The van der Waals surface area contributed by atoms with E-state index in [0.29, 0.717) is 23.8 Å². The quantitative estimate of drug-likeness (QED) is 0.880. The lowest BCUT2D eigenvalue weighted by molar-refractivity contribution is 0.0957. The molecule has 0 unspecified atom stereocenters. The molecule has 0 fully saturated rings.